The quantitative estimate of drug-likeness (QED) is 0.698. The Hall–Kier alpha value is -0.610. The number of ether oxygens (including phenoxy) is 1. The Morgan fingerprint density at radius 3 is 2.88 bits per heavy atom. The molecular formula is C12H24N2O2. The molecule has 0 saturated carbocycles. The summed E-state index contributed by atoms with van der Waals surface area (Å²) in [6.07, 6.45) is 5.30. The first-order chi connectivity index (χ1) is 7.75. The van der Waals surface area contributed by atoms with E-state index in [1.807, 2.05) is 11.8 Å². The number of carbonyl (C=O) groups is 1. The van der Waals surface area contributed by atoms with E-state index >= 15 is 0 Å². The molecule has 0 bridgehead atoms. The van der Waals surface area contributed by atoms with E-state index in [2.05, 4.69) is 0 Å². The lowest BCUT2D eigenvalue weighted by atomic mass is 10.1. The number of amides is 1. The van der Waals surface area contributed by atoms with Gasteiger partial charge in [-0.3, -0.25) is 4.79 Å². The van der Waals surface area contributed by atoms with E-state index in [1.54, 1.807) is 0 Å². The molecule has 4 heteroatoms. The molecule has 0 aromatic carbocycles. The van der Waals surface area contributed by atoms with Crippen LogP contribution < -0.4 is 5.73 Å². The molecule has 1 saturated heterocycles. The average Bonchev–Trinajstić information content (AvgIpc) is 2.44. The smallest absolute Gasteiger partial charge is 0.227 e. The first-order valence-corrected chi connectivity index (χ1v) is 6.32. The van der Waals surface area contributed by atoms with Crippen LogP contribution in [0.2, 0.25) is 0 Å². The van der Waals surface area contributed by atoms with E-state index in [-0.39, 0.29) is 11.8 Å². The summed E-state index contributed by atoms with van der Waals surface area (Å²) < 4.78 is 5.41. The largest absolute Gasteiger partial charge is 0.361 e. The van der Waals surface area contributed by atoms with Gasteiger partial charge in [0.25, 0.3) is 0 Å². The molecule has 1 aliphatic rings. The zero-order chi connectivity index (χ0) is 11.8. The van der Waals surface area contributed by atoms with E-state index < -0.39 is 0 Å². The third kappa shape index (κ3) is 4.49. The fourth-order valence-corrected chi connectivity index (χ4v) is 1.91. The van der Waals surface area contributed by atoms with E-state index in [0.717, 1.165) is 45.2 Å². The Labute approximate surface area is 98.1 Å². The fourth-order valence-electron chi connectivity index (χ4n) is 1.91. The summed E-state index contributed by atoms with van der Waals surface area (Å²) >= 11 is 0. The van der Waals surface area contributed by atoms with Crippen molar-refractivity contribution in [3.63, 3.8) is 0 Å². The molecule has 1 amide bonds. The summed E-state index contributed by atoms with van der Waals surface area (Å²) in [4.78, 5) is 13.7. The van der Waals surface area contributed by atoms with E-state index in [9.17, 15) is 4.79 Å². The maximum Gasteiger partial charge on any atom is 0.227 e. The molecule has 1 fully saturated rings. The first kappa shape index (κ1) is 13.5. The van der Waals surface area contributed by atoms with Crippen LogP contribution in [0, 0.1) is 5.92 Å². The zero-order valence-electron chi connectivity index (χ0n) is 10.3. The Morgan fingerprint density at radius 2 is 2.12 bits per heavy atom. The van der Waals surface area contributed by atoms with Crippen LogP contribution in [-0.2, 0) is 9.53 Å². The molecule has 94 valence electrons. The summed E-state index contributed by atoms with van der Waals surface area (Å²) in [5.74, 6) is 0.364. The molecule has 0 aliphatic carbocycles. The Morgan fingerprint density at radius 1 is 1.38 bits per heavy atom. The third-order valence-corrected chi connectivity index (χ3v) is 3.06. The highest BCUT2D eigenvalue weighted by Gasteiger charge is 2.22. The molecule has 0 aromatic rings. The van der Waals surface area contributed by atoms with Crippen molar-refractivity contribution in [2.45, 2.75) is 39.0 Å². The molecule has 0 radical (unpaired) electrons. The Kier molecular flexibility index (Phi) is 6.42. The second kappa shape index (κ2) is 7.63. The van der Waals surface area contributed by atoms with Gasteiger partial charge in [-0.2, -0.15) is 0 Å². The van der Waals surface area contributed by atoms with Gasteiger partial charge in [0, 0.05) is 19.1 Å². The van der Waals surface area contributed by atoms with Crippen molar-refractivity contribution in [3.8, 4) is 0 Å². The Balaban J connectivity index is 2.20. The molecule has 1 aliphatic heterocycles. The molecule has 2 N–H and O–H groups in total. The number of rotatable bonds is 6. The highest BCUT2D eigenvalue weighted by molar-refractivity contribution is 5.78. The van der Waals surface area contributed by atoms with Gasteiger partial charge in [-0.1, -0.05) is 19.8 Å². The van der Waals surface area contributed by atoms with Gasteiger partial charge in [-0.05, 0) is 25.8 Å². The maximum atomic E-state index is 11.9. The number of nitrogens with zero attached hydrogens (tertiary/aromatic N) is 1. The van der Waals surface area contributed by atoms with E-state index in [0.29, 0.717) is 13.3 Å². The van der Waals surface area contributed by atoms with Gasteiger partial charge < -0.3 is 15.4 Å². The summed E-state index contributed by atoms with van der Waals surface area (Å²) in [6, 6.07) is 0. The molecule has 1 atom stereocenters. The van der Waals surface area contributed by atoms with Gasteiger partial charge in [0.15, 0.2) is 0 Å². The van der Waals surface area contributed by atoms with Crippen molar-refractivity contribution in [2.75, 3.05) is 26.4 Å². The minimum absolute atomic E-state index is 0.117. The first-order valence-electron chi connectivity index (χ1n) is 6.32. The van der Waals surface area contributed by atoms with E-state index in [4.69, 9.17) is 10.5 Å². The highest BCUT2D eigenvalue weighted by atomic mass is 16.5. The van der Waals surface area contributed by atoms with Crippen molar-refractivity contribution in [1.29, 1.82) is 0 Å². The second-order valence-corrected chi connectivity index (χ2v) is 4.53. The lowest BCUT2D eigenvalue weighted by Gasteiger charge is -2.21. The molecule has 1 heterocycles. The van der Waals surface area contributed by atoms with Crippen LogP contribution in [0.1, 0.15) is 39.0 Å². The van der Waals surface area contributed by atoms with Crippen molar-refractivity contribution in [1.82, 2.24) is 4.90 Å². The van der Waals surface area contributed by atoms with Gasteiger partial charge in [-0.15, -0.1) is 0 Å². The molecule has 1 rings (SSSR count). The van der Waals surface area contributed by atoms with Crippen molar-refractivity contribution >= 4 is 5.91 Å². The SMILES string of the molecule is CC1CCOCN(CCCCCCN)C1=O. The average molecular weight is 228 g/mol. The lowest BCUT2D eigenvalue weighted by molar-refractivity contribution is -0.137. The monoisotopic (exact) mass is 228 g/mol. The lowest BCUT2D eigenvalue weighted by Crippen LogP contribution is -2.35. The minimum Gasteiger partial charge on any atom is -0.361 e. The topological polar surface area (TPSA) is 55.6 Å². The molecule has 0 aromatic heterocycles. The van der Waals surface area contributed by atoms with Gasteiger partial charge in [-0.25, -0.2) is 0 Å². The molecule has 4 nitrogen and oxygen atoms in total. The molecule has 16 heavy (non-hydrogen) atoms. The summed E-state index contributed by atoms with van der Waals surface area (Å²) in [7, 11) is 0. The zero-order valence-corrected chi connectivity index (χ0v) is 10.3. The Bertz CT molecular complexity index is 209. The number of hydrogen-bond acceptors (Lipinski definition) is 3. The van der Waals surface area contributed by atoms with Gasteiger partial charge in [0.2, 0.25) is 5.91 Å². The van der Waals surface area contributed by atoms with Gasteiger partial charge in [0.05, 0.1) is 0 Å². The van der Waals surface area contributed by atoms with Crippen LogP contribution in [-0.4, -0.2) is 37.2 Å². The predicted molar refractivity (Wildman–Crippen MR) is 63.8 cm³/mol. The van der Waals surface area contributed by atoms with Crippen LogP contribution in [0.4, 0.5) is 0 Å². The van der Waals surface area contributed by atoms with Crippen LogP contribution in [0.25, 0.3) is 0 Å². The van der Waals surface area contributed by atoms with Crippen molar-refractivity contribution < 1.29 is 9.53 Å². The summed E-state index contributed by atoms with van der Waals surface area (Å²) in [6.45, 7) is 4.76. The summed E-state index contributed by atoms with van der Waals surface area (Å²) in [5.41, 5.74) is 5.43. The summed E-state index contributed by atoms with van der Waals surface area (Å²) in [5, 5.41) is 0. The second-order valence-electron chi connectivity index (χ2n) is 4.53. The van der Waals surface area contributed by atoms with Crippen LogP contribution in [0.15, 0.2) is 0 Å². The van der Waals surface area contributed by atoms with Gasteiger partial charge >= 0.3 is 0 Å². The molecule has 0 spiro atoms. The number of hydrogen-bond donors (Lipinski definition) is 1. The standard InChI is InChI=1S/C12H24N2O2/c1-11-6-9-16-10-14(12(11)15)8-5-3-2-4-7-13/h11H,2-10,13H2,1H3. The normalized spacial score (nSPS) is 22.2. The van der Waals surface area contributed by atoms with Crippen LogP contribution >= 0.6 is 0 Å². The fraction of sp³-hybridized carbons (Fsp3) is 0.917. The minimum atomic E-state index is 0.117. The molecular weight excluding hydrogens is 204 g/mol. The number of unbranched alkanes of at least 4 members (excludes halogenated alkanes) is 3. The van der Waals surface area contributed by atoms with Crippen LogP contribution in [0.5, 0.6) is 0 Å². The molecule has 1 unspecified atom stereocenters. The van der Waals surface area contributed by atoms with E-state index in [1.165, 1.54) is 0 Å². The highest BCUT2D eigenvalue weighted by Crippen LogP contribution is 2.13. The predicted octanol–water partition coefficient (Wildman–Crippen LogP) is 1.35. The maximum absolute atomic E-state index is 11.9. The number of nitrogens with two attached hydrogens (primary N) is 1. The van der Waals surface area contributed by atoms with Crippen LogP contribution in [0.3, 0.4) is 0 Å². The van der Waals surface area contributed by atoms with Crippen molar-refractivity contribution in [3.05, 3.63) is 0 Å². The number of carbonyl (C=O) groups excluding carboxylic acids is 1. The third-order valence-electron chi connectivity index (χ3n) is 3.06. The van der Waals surface area contributed by atoms with Crippen molar-refractivity contribution in [2.24, 2.45) is 11.7 Å². The van der Waals surface area contributed by atoms with Gasteiger partial charge in [0.1, 0.15) is 6.73 Å².